The first-order valence-corrected chi connectivity index (χ1v) is 39.1. The summed E-state index contributed by atoms with van der Waals surface area (Å²) in [6.45, 7) is -0.647. The fraction of sp³-hybridized carbons (Fsp3) is 0.932. The average molecular weight is 1490 g/mol. The van der Waals surface area contributed by atoms with Crippen LogP contribution in [0.3, 0.4) is 0 Å². The van der Waals surface area contributed by atoms with Gasteiger partial charge in [-0.2, -0.15) is 0 Å². The van der Waals surface area contributed by atoms with Gasteiger partial charge in [0.25, 0.3) is 0 Å². The zero-order valence-corrected chi connectivity index (χ0v) is 61.3. The summed E-state index contributed by atoms with van der Waals surface area (Å²) in [4.78, 5) is 13.5. The maximum atomic E-state index is 13.5. The summed E-state index contributed by atoms with van der Waals surface area (Å²) in [5.74, 6) is -0.319. The lowest BCUT2D eigenvalue weighted by atomic mass is 9.95. The molecule has 0 saturated carbocycles. The molecule has 27 atom stereocenters. The van der Waals surface area contributed by atoms with E-state index in [9.17, 15) is 91.6 Å². The van der Waals surface area contributed by atoms with Gasteiger partial charge in [-0.15, -0.1) is 0 Å². The Balaban J connectivity index is 1.11. The molecule has 0 spiro atoms. The van der Waals surface area contributed by atoms with Crippen molar-refractivity contribution in [2.75, 3.05) is 39.6 Å². The lowest BCUT2D eigenvalue weighted by Gasteiger charge is -2.49. The molecule has 1 amide bonds. The lowest BCUT2D eigenvalue weighted by Crippen LogP contribution is -2.68. The molecule has 18 N–H and O–H groups in total. The van der Waals surface area contributed by atoms with Crippen molar-refractivity contribution in [3.05, 3.63) is 24.3 Å². The van der Waals surface area contributed by atoms with E-state index in [0.29, 0.717) is 12.8 Å². The Bertz CT molecular complexity index is 2210. The van der Waals surface area contributed by atoms with Gasteiger partial charge in [-0.3, -0.25) is 4.79 Å². The van der Waals surface area contributed by atoms with E-state index in [0.717, 1.165) is 44.9 Å². The highest BCUT2D eigenvalue weighted by atomic mass is 16.8. The summed E-state index contributed by atoms with van der Waals surface area (Å²) >= 11 is 0. The van der Waals surface area contributed by atoms with Gasteiger partial charge in [-0.1, -0.05) is 205 Å². The maximum Gasteiger partial charge on any atom is 0.220 e. The molecule has 0 radical (unpaired) electrons. The molecule has 29 heteroatoms. The fourth-order valence-corrected chi connectivity index (χ4v) is 13.9. The van der Waals surface area contributed by atoms with Gasteiger partial charge >= 0.3 is 0 Å². The largest absolute Gasteiger partial charge is 0.394 e. The summed E-state index contributed by atoms with van der Waals surface area (Å²) in [7, 11) is 0. The molecule has 29 nitrogen and oxygen atoms in total. The number of hydrogen-bond acceptors (Lipinski definition) is 28. The number of unbranched alkanes of at least 4 members (excludes halogenated alkanes) is 30. The number of hydrogen-bond donors (Lipinski definition) is 18. The molecule has 0 aromatic carbocycles. The predicted octanol–water partition coefficient (Wildman–Crippen LogP) is 2.36. The summed E-state index contributed by atoms with van der Waals surface area (Å²) in [6, 6.07) is -1.04. The Morgan fingerprint density at radius 3 is 1.03 bits per heavy atom. The van der Waals surface area contributed by atoms with Gasteiger partial charge in [0.1, 0.15) is 122 Å². The Morgan fingerprint density at radius 2 is 0.641 bits per heavy atom. The average Bonchev–Trinajstić information content (AvgIpc) is 0.776. The van der Waals surface area contributed by atoms with Crippen LogP contribution in [-0.2, 0) is 52.2 Å². The smallest absolute Gasteiger partial charge is 0.220 e. The van der Waals surface area contributed by atoms with Crippen molar-refractivity contribution in [1.29, 1.82) is 0 Å². The highest BCUT2D eigenvalue weighted by molar-refractivity contribution is 5.76. The van der Waals surface area contributed by atoms with E-state index in [1.165, 1.54) is 154 Å². The van der Waals surface area contributed by atoms with Gasteiger partial charge < -0.3 is 139 Å². The molecular formula is C74H135NO28. The van der Waals surface area contributed by atoms with E-state index in [2.05, 4.69) is 31.3 Å². The van der Waals surface area contributed by atoms with Crippen molar-refractivity contribution in [3.8, 4) is 0 Å². The Hall–Kier alpha value is -2.13. The molecule has 5 rings (SSSR count). The molecule has 0 aromatic heterocycles. The third kappa shape index (κ3) is 30.6. The normalized spacial score (nSPS) is 35.1. The van der Waals surface area contributed by atoms with E-state index in [-0.39, 0.29) is 12.3 Å². The number of rotatable bonds is 54. The van der Waals surface area contributed by atoms with Crippen molar-refractivity contribution in [2.45, 2.75) is 398 Å². The summed E-state index contributed by atoms with van der Waals surface area (Å²) in [6.07, 6.45) is -1.20. The van der Waals surface area contributed by atoms with Crippen LogP contribution in [0.15, 0.2) is 24.3 Å². The number of allylic oxidation sites excluding steroid dienone is 3. The third-order valence-electron chi connectivity index (χ3n) is 20.5. The van der Waals surface area contributed by atoms with E-state index < -0.39 is 205 Å². The number of aliphatic hydroxyl groups is 17. The van der Waals surface area contributed by atoms with Gasteiger partial charge in [-0.25, -0.2) is 0 Å². The summed E-state index contributed by atoms with van der Waals surface area (Å²) in [5, 5.41) is 188. The van der Waals surface area contributed by atoms with Gasteiger partial charge in [0.2, 0.25) is 5.91 Å². The molecule has 0 aliphatic carbocycles. The van der Waals surface area contributed by atoms with Gasteiger partial charge in [0.05, 0.1) is 51.8 Å². The van der Waals surface area contributed by atoms with Gasteiger partial charge in [0, 0.05) is 6.42 Å². The monoisotopic (exact) mass is 1490 g/mol. The van der Waals surface area contributed by atoms with Gasteiger partial charge in [-0.05, 0) is 44.9 Å². The van der Waals surface area contributed by atoms with Crippen molar-refractivity contribution in [3.63, 3.8) is 0 Å². The van der Waals surface area contributed by atoms with Gasteiger partial charge in [0.15, 0.2) is 31.5 Å². The molecule has 0 bridgehead atoms. The predicted molar refractivity (Wildman–Crippen MR) is 375 cm³/mol. The molecule has 5 aliphatic rings. The molecule has 5 heterocycles. The number of carbonyl (C=O) groups excluding carboxylic acids is 1. The number of amides is 1. The highest BCUT2D eigenvalue weighted by Gasteiger charge is 2.57. The Labute approximate surface area is 609 Å². The molecule has 103 heavy (non-hydrogen) atoms. The van der Waals surface area contributed by atoms with E-state index in [1.807, 2.05) is 6.08 Å². The van der Waals surface area contributed by atoms with Crippen LogP contribution in [0.5, 0.6) is 0 Å². The summed E-state index contributed by atoms with van der Waals surface area (Å²) < 4.78 is 57.5. The fourth-order valence-electron chi connectivity index (χ4n) is 13.9. The molecule has 5 fully saturated rings. The second-order valence-electron chi connectivity index (χ2n) is 28.8. The first-order chi connectivity index (χ1) is 49.8. The number of nitrogens with one attached hydrogen (secondary N) is 1. The molecule has 10 unspecified atom stereocenters. The summed E-state index contributed by atoms with van der Waals surface area (Å²) in [5.41, 5.74) is 0. The van der Waals surface area contributed by atoms with Crippen LogP contribution in [0, 0.1) is 0 Å². The Kier molecular flexibility index (Phi) is 46.3. The van der Waals surface area contributed by atoms with Crippen LogP contribution in [0.25, 0.3) is 0 Å². The van der Waals surface area contributed by atoms with E-state index >= 15 is 0 Å². The number of carbonyl (C=O) groups is 1. The molecule has 5 aliphatic heterocycles. The van der Waals surface area contributed by atoms with Crippen molar-refractivity contribution in [2.24, 2.45) is 0 Å². The van der Waals surface area contributed by atoms with Crippen LogP contribution >= 0.6 is 0 Å². The van der Waals surface area contributed by atoms with Crippen molar-refractivity contribution < 1.29 is 139 Å². The van der Waals surface area contributed by atoms with Crippen LogP contribution in [0.1, 0.15) is 232 Å². The zero-order valence-electron chi connectivity index (χ0n) is 61.3. The van der Waals surface area contributed by atoms with E-state index in [4.69, 9.17) is 47.4 Å². The second-order valence-corrected chi connectivity index (χ2v) is 28.8. The molecular weight excluding hydrogens is 1350 g/mol. The van der Waals surface area contributed by atoms with E-state index in [1.54, 1.807) is 6.08 Å². The first-order valence-electron chi connectivity index (χ1n) is 39.1. The molecule has 5 saturated heterocycles. The molecule has 604 valence electrons. The van der Waals surface area contributed by atoms with Crippen LogP contribution in [-0.4, -0.2) is 298 Å². The Morgan fingerprint density at radius 1 is 0.340 bits per heavy atom. The van der Waals surface area contributed by atoms with Crippen LogP contribution in [0.2, 0.25) is 0 Å². The minimum absolute atomic E-state index is 0.199. The first kappa shape index (κ1) is 91.5. The quantitative estimate of drug-likeness (QED) is 0.0307. The van der Waals surface area contributed by atoms with Crippen LogP contribution < -0.4 is 5.32 Å². The standard InChI is InChI=1S/C74H135NO28/c1-3-5-7-9-11-13-15-17-18-19-20-21-22-23-24-25-26-28-30-32-34-36-38-40-54(82)75-47(48(81)39-37-35-33-31-29-27-16-14-12-10-8-6-4-2)46-94-70-62(90)59(87)66(52(44-79)98-70)100-72-63(91)60(88)67(53(45-80)99-72)101-73-64(92)69(57(85)50(42-77)96-73)103-74-65(93)68(56(84)51(43-78)97-74)102-71-61(89)58(86)55(83)49(41-76)95-71/h17-18,37,39,47-53,55-74,76-81,83-93H,3-16,19-36,38,40-46H2,1-2H3,(H,75,82)/b18-17-,39-37+/t47-,48+,49?,50?,51?,52?,53?,55-,56-,57-,58-,59+,60+,61?,62?,63?,64?,65?,66+,67-,68-,69-,70+,71+,72-,73-,74+/m0/s1. The second kappa shape index (κ2) is 52.1. The third-order valence-corrected chi connectivity index (χ3v) is 20.5. The lowest BCUT2D eigenvalue weighted by molar-refractivity contribution is -0.394. The van der Waals surface area contributed by atoms with Crippen molar-refractivity contribution in [1.82, 2.24) is 5.32 Å². The number of aliphatic hydroxyl groups excluding tert-OH is 17. The minimum Gasteiger partial charge on any atom is -0.394 e. The minimum atomic E-state index is -2.18. The molecule has 0 aromatic rings. The maximum absolute atomic E-state index is 13.5. The highest BCUT2D eigenvalue weighted by Crippen LogP contribution is 2.37. The van der Waals surface area contributed by atoms with Crippen molar-refractivity contribution >= 4 is 5.91 Å². The SMILES string of the molecule is CCCCCCCC/C=C\CCCCCCCCCCCCCCCC(=O)N[C@@H](CO[C@@H]1OC(CO)[C@@H](O[C@@H]2OC(CO)[C@H](O[C@@H]3OC(CO)[C@H](O)[C@H](O[C@H]4OC(CO)[C@H](O)[C@H](O[C@H]5OC(CO)[C@H](O)[C@H](O)C5O)C4O)C3O)[C@H](O)C2O)[C@H](O)C1O)[C@H](O)/C=C/CCCCCCCCCCCCC. The van der Waals surface area contributed by atoms with Crippen LogP contribution in [0.4, 0.5) is 0 Å². The number of ether oxygens (including phenoxy) is 10. The topological polar surface area (TPSA) is 465 Å². The zero-order chi connectivity index (χ0) is 75.1.